The van der Waals surface area contributed by atoms with Gasteiger partial charge in [0, 0.05) is 22.4 Å². The number of phenolic OH excluding ortho intramolecular Hbond substituents is 1. The molecule has 2 N–H and O–H groups in total. The lowest BCUT2D eigenvalue weighted by Crippen LogP contribution is -1.99. The van der Waals surface area contributed by atoms with Crippen LogP contribution >= 0.6 is 0 Å². The SMILES string of the molecule is O=S(=O)(O)c1cc2cccnc2c2cc(O)ccc12. The number of aromatic nitrogens is 1. The summed E-state index contributed by atoms with van der Waals surface area (Å²) >= 11 is 0. The molecule has 0 amide bonds. The van der Waals surface area contributed by atoms with E-state index in [1.54, 1.807) is 18.3 Å². The number of nitrogens with zero attached hydrogens (tertiary/aromatic N) is 1. The molecule has 1 heterocycles. The molecule has 6 heteroatoms. The second-order valence-corrected chi connectivity index (χ2v) is 5.54. The lowest BCUT2D eigenvalue weighted by atomic mass is 10.1. The van der Waals surface area contributed by atoms with Gasteiger partial charge in [0.15, 0.2) is 0 Å². The Hall–Kier alpha value is -2.18. The van der Waals surface area contributed by atoms with Crippen LogP contribution in [0.1, 0.15) is 0 Å². The van der Waals surface area contributed by atoms with Crippen molar-refractivity contribution >= 4 is 31.8 Å². The number of aromatic hydroxyl groups is 1. The first-order valence-electron chi connectivity index (χ1n) is 5.45. The van der Waals surface area contributed by atoms with E-state index in [9.17, 15) is 18.1 Å². The molecule has 0 spiro atoms. The fourth-order valence-electron chi connectivity index (χ4n) is 2.13. The smallest absolute Gasteiger partial charge is 0.295 e. The van der Waals surface area contributed by atoms with Crippen LogP contribution in [0, 0.1) is 0 Å². The predicted molar refractivity (Wildman–Crippen MR) is 70.7 cm³/mol. The molecule has 19 heavy (non-hydrogen) atoms. The van der Waals surface area contributed by atoms with Crippen LogP contribution in [-0.2, 0) is 10.1 Å². The number of fused-ring (bicyclic) bond motifs is 3. The van der Waals surface area contributed by atoms with Crippen molar-refractivity contribution in [1.29, 1.82) is 0 Å². The van der Waals surface area contributed by atoms with Gasteiger partial charge < -0.3 is 5.11 Å². The fourth-order valence-corrected chi connectivity index (χ4v) is 2.87. The first-order chi connectivity index (χ1) is 8.97. The molecule has 5 nitrogen and oxygen atoms in total. The Morgan fingerprint density at radius 1 is 1.05 bits per heavy atom. The van der Waals surface area contributed by atoms with Gasteiger partial charge >= 0.3 is 0 Å². The van der Waals surface area contributed by atoms with Gasteiger partial charge in [0.05, 0.1) is 5.52 Å². The molecule has 1 aromatic heterocycles. The van der Waals surface area contributed by atoms with Crippen molar-refractivity contribution in [1.82, 2.24) is 4.98 Å². The molecule has 3 aromatic rings. The summed E-state index contributed by atoms with van der Waals surface area (Å²) in [6.45, 7) is 0. The molecule has 0 aliphatic rings. The van der Waals surface area contributed by atoms with Crippen LogP contribution in [0.5, 0.6) is 5.75 Å². The lowest BCUT2D eigenvalue weighted by molar-refractivity contribution is 0.475. The number of hydrogen-bond acceptors (Lipinski definition) is 4. The highest BCUT2D eigenvalue weighted by Gasteiger charge is 2.17. The fraction of sp³-hybridized carbons (Fsp3) is 0. The third-order valence-corrected chi connectivity index (χ3v) is 3.82. The molecular weight excluding hydrogens is 266 g/mol. The van der Waals surface area contributed by atoms with E-state index in [1.807, 2.05) is 0 Å². The van der Waals surface area contributed by atoms with Crippen LogP contribution in [-0.4, -0.2) is 23.1 Å². The van der Waals surface area contributed by atoms with Gasteiger partial charge in [0.2, 0.25) is 0 Å². The van der Waals surface area contributed by atoms with E-state index in [1.165, 1.54) is 24.3 Å². The molecule has 2 aromatic carbocycles. The topological polar surface area (TPSA) is 87.5 Å². The minimum Gasteiger partial charge on any atom is -0.508 e. The second-order valence-electron chi connectivity index (χ2n) is 4.15. The molecule has 96 valence electrons. The minimum absolute atomic E-state index is 0.00643. The van der Waals surface area contributed by atoms with Crippen molar-refractivity contribution in [3.05, 3.63) is 42.6 Å². The van der Waals surface area contributed by atoms with Gasteiger partial charge in [-0.15, -0.1) is 0 Å². The first kappa shape index (κ1) is 11.9. The van der Waals surface area contributed by atoms with Gasteiger partial charge in [-0.05, 0) is 30.3 Å². The second kappa shape index (κ2) is 3.91. The monoisotopic (exact) mass is 275 g/mol. The number of pyridine rings is 1. The van der Waals surface area contributed by atoms with Gasteiger partial charge in [0.25, 0.3) is 10.1 Å². The molecule has 3 rings (SSSR count). The zero-order valence-electron chi connectivity index (χ0n) is 9.61. The van der Waals surface area contributed by atoms with Crippen LogP contribution < -0.4 is 0 Å². The van der Waals surface area contributed by atoms with E-state index in [2.05, 4.69) is 4.98 Å². The zero-order chi connectivity index (χ0) is 13.6. The Balaban J connectivity index is 2.63. The van der Waals surface area contributed by atoms with Crippen molar-refractivity contribution in [2.45, 2.75) is 4.90 Å². The van der Waals surface area contributed by atoms with E-state index >= 15 is 0 Å². The van der Waals surface area contributed by atoms with Gasteiger partial charge in [-0.1, -0.05) is 6.07 Å². The predicted octanol–water partition coefficient (Wildman–Crippen LogP) is 2.34. The molecule has 0 bridgehead atoms. The highest BCUT2D eigenvalue weighted by atomic mass is 32.2. The lowest BCUT2D eigenvalue weighted by Gasteiger charge is -2.08. The maximum absolute atomic E-state index is 11.4. The maximum atomic E-state index is 11.4. The number of phenols is 1. The molecular formula is C13H9NO4S. The van der Waals surface area contributed by atoms with Crippen molar-refractivity contribution in [3.63, 3.8) is 0 Å². The van der Waals surface area contributed by atoms with E-state index in [-0.39, 0.29) is 10.6 Å². The van der Waals surface area contributed by atoms with Crippen molar-refractivity contribution in [3.8, 4) is 5.75 Å². The summed E-state index contributed by atoms with van der Waals surface area (Å²) in [5.74, 6) is 0.00643. The summed E-state index contributed by atoms with van der Waals surface area (Å²) in [7, 11) is -4.34. The van der Waals surface area contributed by atoms with E-state index < -0.39 is 10.1 Å². The largest absolute Gasteiger partial charge is 0.508 e. The van der Waals surface area contributed by atoms with Gasteiger partial charge in [0.1, 0.15) is 10.6 Å². The van der Waals surface area contributed by atoms with Crippen molar-refractivity contribution in [2.75, 3.05) is 0 Å². The summed E-state index contributed by atoms with van der Waals surface area (Å²) < 4.78 is 32.2. The minimum atomic E-state index is -4.34. The molecule has 0 atom stereocenters. The number of hydrogen-bond donors (Lipinski definition) is 2. The highest BCUT2D eigenvalue weighted by molar-refractivity contribution is 7.86. The van der Waals surface area contributed by atoms with Gasteiger partial charge in [-0.2, -0.15) is 8.42 Å². The zero-order valence-corrected chi connectivity index (χ0v) is 10.4. The Bertz CT molecular complexity index is 903. The first-order valence-corrected chi connectivity index (χ1v) is 6.89. The summed E-state index contributed by atoms with van der Waals surface area (Å²) in [6.07, 6.45) is 1.58. The molecule has 0 aliphatic heterocycles. The Morgan fingerprint density at radius 3 is 2.58 bits per heavy atom. The maximum Gasteiger partial charge on any atom is 0.295 e. The molecule has 0 saturated heterocycles. The normalized spacial score (nSPS) is 12.1. The Kier molecular flexibility index (Phi) is 2.44. The quantitative estimate of drug-likeness (QED) is 0.525. The van der Waals surface area contributed by atoms with E-state index in [4.69, 9.17) is 0 Å². The highest BCUT2D eigenvalue weighted by Crippen LogP contribution is 2.32. The summed E-state index contributed by atoms with van der Waals surface area (Å²) in [5, 5.41) is 10.9. The van der Waals surface area contributed by atoms with Crippen molar-refractivity contribution < 1.29 is 18.1 Å². The molecule has 0 unspecified atom stereocenters. The van der Waals surface area contributed by atoms with Crippen LogP contribution in [0.4, 0.5) is 0 Å². The van der Waals surface area contributed by atoms with Gasteiger partial charge in [-0.25, -0.2) is 0 Å². The summed E-state index contributed by atoms with van der Waals surface area (Å²) in [4.78, 5) is 3.99. The van der Waals surface area contributed by atoms with E-state index in [0.717, 1.165) is 0 Å². The summed E-state index contributed by atoms with van der Waals surface area (Å²) in [6, 6.07) is 8.98. The number of benzene rings is 2. The standard InChI is InChI=1S/C13H9NO4S/c15-9-3-4-10-11(7-9)13-8(2-1-5-14-13)6-12(10)19(16,17)18/h1-7,15H,(H,16,17,18). The Morgan fingerprint density at radius 2 is 1.84 bits per heavy atom. The van der Waals surface area contributed by atoms with Crippen LogP contribution in [0.3, 0.4) is 0 Å². The van der Waals surface area contributed by atoms with Crippen LogP contribution in [0.2, 0.25) is 0 Å². The van der Waals surface area contributed by atoms with Crippen LogP contribution in [0.25, 0.3) is 21.7 Å². The molecule has 0 radical (unpaired) electrons. The average Bonchev–Trinajstić information content (AvgIpc) is 2.36. The molecule has 0 fully saturated rings. The van der Waals surface area contributed by atoms with Gasteiger partial charge in [-0.3, -0.25) is 9.54 Å². The molecule has 0 aliphatic carbocycles. The van der Waals surface area contributed by atoms with Crippen LogP contribution in [0.15, 0.2) is 47.5 Å². The average molecular weight is 275 g/mol. The Labute approximate surface area is 108 Å². The summed E-state index contributed by atoms with van der Waals surface area (Å²) in [5.41, 5.74) is 0.570. The third kappa shape index (κ3) is 1.91. The van der Waals surface area contributed by atoms with Crippen molar-refractivity contribution in [2.24, 2.45) is 0 Å². The van der Waals surface area contributed by atoms with E-state index in [0.29, 0.717) is 21.7 Å². The number of rotatable bonds is 1. The third-order valence-electron chi connectivity index (χ3n) is 2.93. The molecule has 0 saturated carbocycles.